The van der Waals surface area contributed by atoms with Crippen molar-refractivity contribution < 1.29 is 19.2 Å². The molecule has 0 aliphatic carbocycles. The highest BCUT2D eigenvalue weighted by Gasteiger charge is 2.37. The van der Waals surface area contributed by atoms with Crippen LogP contribution in [0.2, 0.25) is 0 Å². The third kappa shape index (κ3) is 5.37. The van der Waals surface area contributed by atoms with E-state index in [9.17, 15) is 19.7 Å². The molecule has 0 fully saturated rings. The molecule has 0 saturated heterocycles. The summed E-state index contributed by atoms with van der Waals surface area (Å²) in [6, 6.07) is 14.1. The Morgan fingerprint density at radius 2 is 1.97 bits per heavy atom. The summed E-state index contributed by atoms with van der Waals surface area (Å²) in [7, 11) is 0. The maximum atomic E-state index is 13.2. The van der Waals surface area contributed by atoms with E-state index in [0.717, 1.165) is 5.56 Å². The van der Waals surface area contributed by atoms with Gasteiger partial charge in [0, 0.05) is 30.2 Å². The Morgan fingerprint density at radius 3 is 2.58 bits per heavy atom. The fourth-order valence-corrected chi connectivity index (χ4v) is 4.03. The molecule has 1 aliphatic heterocycles. The van der Waals surface area contributed by atoms with Crippen LogP contribution in [0.3, 0.4) is 0 Å². The Balaban J connectivity index is 2.01. The molecule has 33 heavy (non-hydrogen) atoms. The maximum absolute atomic E-state index is 13.2. The quantitative estimate of drug-likeness (QED) is 0.238. The van der Waals surface area contributed by atoms with Crippen molar-refractivity contribution >= 4 is 17.6 Å². The molecule has 172 valence electrons. The monoisotopic (exact) mass is 448 g/mol. The van der Waals surface area contributed by atoms with Crippen molar-refractivity contribution in [1.29, 1.82) is 0 Å². The number of amides is 1. The molecule has 1 amide bonds. The number of allylic oxidation sites excluding steroid dienone is 1. The van der Waals surface area contributed by atoms with Crippen LogP contribution in [0.5, 0.6) is 0 Å². The zero-order chi connectivity index (χ0) is 24.1. The molecule has 1 atom stereocenters. The molecule has 0 spiro atoms. The van der Waals surface area contributed by atoms with E-state index < -0.39 is 16.8 Å². The van der Waals surface area contributed by atoms with Gasteiger partial charge in [0.1, 0.15) is 6.61 Å². The fraction of sp³-hybridized carbons (Fsp3) is 0.308. The summed E-state index contributed by atoms with van der Waals surface area (Å²) in [5, 5.41) is 11.1. The number of hydrogen-bond donors (Lipinski definition) is 0. The standard InChI is InChI=1S/C26H28N2O5/c1-5-13-33-26(30)25-18(4)27(16-19-7-6-8-22(14-19)28(31)32)24(29)15-23(25)21-11-9-20(10-12-21)17(2)3/h5-12,14,17,23H,1,13,15-16H2,2-4H3. The van der Waals surface area contributed by atoms with Crippen LogP contribution in [-0.2, 0) is 20.9 Å². The summed E-state index contributed by atoms with van der Waals surface area (Å²) >= 11 is 0. The Bertz CT molecular complexity index is 1100. The van der Waals surface area contributed by atoms with E-state index in [1.165, 1.54) is 28.7 Å². The van der Waals surface area contributed by atoms with Crippen molar-refractivity contribution in [2.75, 3.05) is 6.61 Å². The maximum Gasteiger partial charge on any atom is 0.336 e. The van der Waals surface area contributed by atoms with Gasteiger partial charge in [0.05, 0.1) is 17.0 Å². The third-order valence-electron chi connectivity index (χ3n) is 5.84. The lowest BCUT2D eigenvalue weighted by atomic mass is 9.83. The average molecular weight is 449 g/mol. The molecule has 0 bridgehead atoms. The third-order valence-corrected chi connectivity index (χ3v) is 5.84. The summed E-state index contributed by atoms with van der Waals surface area (Å²) in [5.41, 5.74) is 3.50. The van der Waals surface area contributed by atoms with Gasteiger partial charge in [0.2, 0.25) is 5.91 Å². The van der Waals surface area contributed by atoms with Gasteiger partial charge in [-0.1, -0.05) is 62.9 Å². The second-order valence-electron chi connectivity index (χ2n) is 8.37. The largest absolute Gasteiger partial charge is 0.458 e. The lowest BCUT2D eigenvalue weighted by molar-refractivity contribution is -0.384. The van der Waals surface area contributed by atoms with Crippen molar-refractivity contribution in [2.24, 2.45) is 0 Å². The summed E-state index contributed by atoms with van der Waals surface area (Å²) in [6.07, 6.45) is 1.60. The fourth-order valence-electron chi connectivity index (χ4n) is 4.03. The van der Waals surface area contributed by atoms with E-state index in [-0.39, 0.29) is 31.2 Å². The highest BCUT2D eigenvalue weighted by Crippen LogP contribution is 2.38. The second kappa shape index (κ2) is 10.3. The first-order valence-electron chi connectivity index (χ1n) is 10.8. The minimum absolute atomic E-state index is 0.0488. The molecule has 0 aromatic heterocycles. The smallest absolute Gasteiger partial charge is 0.336 e. The minimum Gasteiger partial charge on any atom is -0.458 e. The van der Waals surface area contributed by atoms with Crippen molar-refractivity contribution in [3.05, 3.63) is 99.3 Å². The number of benzene rings is 2. The molecule has 0 radical (unpaired) electrons. The highest BCUT2D eigenvalue weighted by atomic mass is 16.6. The number of nitrogens with zero attached hydrogens (tertiary/aromatic N) is 2. The SMILES string of the molecule is C=CCOC(=O)C1=C(C)N(Cc2cccc([N+](=O)[O-])c2)C(=O)CC1c1ccc(C(C)C)cc1. The van der Waals surface area contributed by atoms with Crippen molar-refractivity contribution in [3.63, 3.8) is 0 Å². The number of hydrogen-bond acceptors (Lipinski definition) is 5. The first kappa shape index (κ1) is 23.9. The van der Waals surface area contributed by atoms with Crippen LogP contribution in [0, 0.1) is 10.1 Å². The van der Waals surface area contributed by atoms with Gasteiger partial charge in [-0.2, -0.15) is 0 Å². The van der Waals surface area contributed by atoms with Crippen molar-refractivity contribution in [1.82, 2.24) is 4.90 Å². The van der Waals surface area contributed by atoms with Gasteiger partial charge in [-0.3, -0.25) is 14.9 Å². The van der Waals surface area contributed by atoms with Crippen LogP contribution in [0.4, 0.5) is 5.69 Å². The van der Waals surface area contributed by atoms with Gasteiger partial charge in [0.15, 0.2) is 0 Å². The molecule has 1 heterocycles. The number of non-ortho nitro benzene ring substituents is 1. The molecule has 3 rings (SSSR count). The Labute approximate surface area is 193 Å². The van der Waals surface area contributed by atoms with Crippen LogP contribution < -0.4 is 0 Å². The van der Waals surface area contributed by atoms with Crippen molar-refractivity contribution in [3.8, 4) is 0 Å². The van der Waals surface area contributed by atoms with Gasteiger partial charge in [-0.25, -0.2) is 4.79 Å². The molecule has 1 aliphatic rings. The minimum atomic E-state index is -0.498. The van der Waals surface area contributed by atoms with E-state index >= 15 is 0 Å². The number of esters is 1. The molecule has 2 aromatic rings. The Hall–Kier alpha value is -3.74. The molecule has 7 nitrogen and oxygen atoms in total. The van der Waals surface area contributed by atoms with E-state index in [4.69, 9.17) is 4.74 Å². The van der Waals surface area contributed by atoms with E-state index in [1.54, 1.807) is 19.1 Å². The number of carbonyl (C=O) groups is 2. The molecule has 2 aromatic carbocycles. The van der Waals surface area contributed by atoms with Gasteiger partial charge in [-0.15, -0.1) is 0 Å². The van der Waals surface area contributed by atoms with Crippen LogP contribution in [-0.4, -0.2) is 28.3 Å². The number of rotatable bonds is 8. The van der Waals surface area contributed by atoms with E-state index in [2.05, 4.69) is 20.4 Å². The molecular weight excluding hydrogens is 420 g/mol. The summed E-state index contributed by atoms with van der Waals surface area (Å²) in [4.78, 5) is 38.3. The Morgan fingerprint density at radius 1 is 1.27 bits per heavy atom. The van der Waals surface area contributed by atoms with E-state index in [1.807, 2.05) is 24.3 Å². The van der Waals surface area contributed by atoms with Gasteiger partial charge in [0.25, 0.3) is 5.69 Å². The van der Waals surface area contributed by atoms with Crippen molar-refractivity contribution in [2.45, 2.75) is 45.6 Å². The molecule has 0 N–H and O–H groups in total. The average Bonchev–Trinajstić information content (AvgIpc) is 2.80. The summed E-state index contributed by atoms with van der Waals surface area (Å²) < 4.78 is 5.36. The predicted molar refractivity (Wildman–Crippen MR) is 125 cm³/mol. The number of ether oxygens (including phenoxy) is 1. The number of nitro groups is 1. The van der Waals surface area contributed by atoms with E-state index in [0.29, 0.717) is 22.8 Å². The normalized spacial score (nSPS) is 16.2. The van der Waals surface area contributed by atoms with Gasteiger partial charge >= 0.3 is 5.97 Å². The second-order valence-corrected chi connectivity index (χ2v) is 8.37. The number of nitro benzene ring substituents is 1. The first-order valence-corrected chi connectivity index (χ1v) is 10.8. The van der Waals surface area contributed by atoms with Crippen LogP contribution in [0.1, 0.15) is 55.7 Å². The van der Waals surface area contributed by atoms with Crippen LogP contribution in [0.15, 0.2) is 72.5 Å². The molecule has 7 heteroatoms. The van der Waals surface area contributed by atoms with Gasteiger partial charge < -0.3 is 9.64 Å². The van der Waals surface area contributed by atoms with Crippen LogP contribution >= 0.6 is 0 Å². The summed E-state index contributed by atoms with van der Waals surface area (Å²) in [6.45, 7) is 9.71. The molecular formula is C26H28N2O5. The summed E-state index contributed by atoms with van der Waals surface area (Å²) in [5.74, 6) is -0.719. The Kier molecular flexibility index (Phi) is 7.43. The van der Waals surface area contributed by atoms with Crippen LogP contribution in [0.25, 0.3) is 0 Å². The first-order chi connectivity index (χ1) is 15.7. The zero-order valence-corrected chi connectivity index (χ0v) is 19.1. The number of carbonyl (C=O) groups excluding carboxylic acids is 2. The lowest BCUT2D eigenvalue weighted by Gasteiger charge is -2.34. The van der Waals surface area contributed by atoms with Gasteiger partial charge in [-0.05, 0) is 29.5 Å². The molecule has 0 saturated carbocycles. The zero-order valence-electron chi connectivity index (χ0n) is 19.1. The predicted octanol–water partition coefficient (Wildman–Crippen LogP) is 5.24. The molecule has 1 unspecified atom stereocenters. The highest BCUT2D eigenvalue weighted by molar-refractivity contribution is 5.96. The topological polar surface area (TPSA) is 89.8 Å². The lowest BCUT2D eigenvalue weighted by Crippen LogP contribution is -2.38.